The van der Waals surface area contributed by atoms with Gasteiger partial charge in [0, 0.05) is 12.3 Å². The van der Waals surface area contributed by atoms with Crippen molar-refractivity contribution in [3.05, 3.63) is 23.8 Å². The summed E-state index contributed by atoms with van der Waals surface area (Å²) in [5.41, 5.74) is 1.27. The molecular weight excluding hydrogens is 379 g/mol. The van der Waals surface area contributed by atoms with Gasteiger partial charge < -0.3 is 16.0 Å². The number of carbonyl (C=O) groups excluding carboxylic acids is 2. The van der Waals surface area contributed by atoms with E-state index in [1.165, 1.54) is 5.57 Å². The summed E-state index contributed by atoms with van der Waals surface area (Å²) in [7, 11) is 0. The van der Waals surface area contributed by atoms with Gasteiger partial charge in [-0.2, -0.15) is 0 Å². The van der Waals surface area contributed by atoms with Gasteiger partial charge in [0.2, 0.25) is 0 Å². The van der Waals surface area contributed by atoms with E-state index in [1.807, 2.05) is 13.8 Å². The maximum Gasteiger partial charge on any atom is 1.00 e. The third kappa shape index (κ3) is 6.19. The molecule has 0 unspecified atom stereocenters. The van der Waals surface area contributed by atoms with Gasteiger partial charge in [-0.3, -0.25) is 9.59 Å². The van der Waals surface area contributed by atoms with Gasteiger partial charge in [0.15, 0.2) is 0 Å². The minimum Gasteiger partial charge on any atom is -1.00 e. The number of hydrogen-bond acceptors (Lipinski definition) is 5. The molecule has 1 aliphatic heterocycles. The normalized spacial score (nSPS) is 34.9. The molecule has 29 heavy (non-hydrogen) atoms. The number of cyclic esters (lactones) is 1. The Morgan fingerprint density at radius 2 is 2.17 bits per heavy atom. The van der Waals surface area contributed by atoms with Crippen molar-refractivity contribution in [3.63, 3.8) is 0 Å². The largest absolute Gasteiger partial charge is 1.00 e. The van der Waals surface area contributed by atoms with E-state index in [9.17, 15) is 14.7 Å². The Kier molecular flexibility index (Phi) is 9.46. The molecule has 158 valence electrons. The molecule has 0 aromatic heterocycles. The molecule has 0 radical (unpaired) electrons. The monoisotopic (exact) mass is 414 g/mol. The zero-order chi connectivity index (χ0) is 20.3. The van der Waals surface area contributed by atoms with E-state index in [0.29, 0.717) is 18.3 Å². The molecule has 5 nitrogen and oxygen atoms in total. The summed E-state index contributed by atoms with van der Waals surface area (Å²) in [4.78, 5) is 24.1. The first-order chi connectivity index (χ1) is 13.4. The van der Waals surface area contributed by atoms with Gasteiger partial charge in [-0.05, 0) is 49.5 Å². The van der Waals surface area contributed by atoms with Crippen LogP contribution in [0.3, 0.4) is 0 Å². The van der Waals surface area contributed by atoms with Crippen LogP contribution in [0.2, 0.25) is 0 Å². The minimum absolute atomic E-state index is 0. The molecule has 3 rings (SSSR count). The van der Waals surface area contributed by atoms with Crippen LogP contribution in [0.4, 0.5) is 0 Å². The second-order valence-electron chi connectivity index (χ2n) is 8.76. The number of rotatable bonds is 6. The smallest absolute Gasteiger partial charge is 1.00 e. The predicted molar refractivity (Wildman–Crippen MR) is 107 cm³/mol. The summed E-state index contributed by atoms with van der Waals surface area (Å²) >= 11 is 0. The number of ether oxygens (including phenoxy) is 2. The average molecular weight is 415 g/mol. The molecule has 1 heterocycles. The zero-order valence-corrected chi connectivity index (χ0v) is 20.3. The van der Waals surface area contributed by atoms with E-state index in [2.05, 4.69) is 25.2 Å². The molecule has 0 aromatic carbocycles. The van der Waals surface area contributed by atoms with Crippen LogP contribution in [-0.2, 0) is 19.1 Å². The van der Waals surface area contributed by atoms with Crippen molar-refractivity contribution >= 4 is 11.9 Å². The third-order valence-corrected chi connectivity index (χ3v) is 6.69. The van der Waals surface area contributed by atoms with Crippen molar-refractivity contribution < 1.29 is 55.2 Å². The molecule has 3 aliphatic rings. The van der Waals surface area contributed by atoms with E-state index in [0.717, 1.165) is 32.1 Å². The molecule has 0 saturated carbocycles. The van der Waals surface area contributed by atoms with Gasteiger partial charge in [-0.15, -0.1) is 0 Å². The Hall–Kier alpha value is -0.620. The molecule has 0 spiro atoms. The molecule has 1 fully saturated rings. The number of hydrogen-bond donors (Lipinski definition) is 1. The van der Waals surface area contributed by atoms with Gasteiger partial charge in [-0.1, -0.05) is 39.0 Å². The number of carbonyl (C=O) groups is 2. The van der Waals surface area contributed by atoms with Crippen LogP contribution in [0.25, 0.3) is 0 Å². The molecule has 0 bridgehead atoms. The fraction of sp³-hybridized carbons (Fsp3) is 0.739. The fourth-order valence-electron chi connectivity index (χ4n) is 4.80. The minimum atomic E-state index is -0.593. The maximum absolute atomic E-state index is 12.4. The van der Waals surface area contributed by atoms with Crippen molar-refractivity contribution in [2.45, 2.75) is 84.0 Å². The standard InChI is InChI=1S/C23H34O5.Na.H/c1-4-14(2)23(26)28-20-7-5-6-16-9-8-15(3)19(22(16)20)11-10-18-12-17(24)13-21(25)27-18;;/h6,8-9,14-15,17-20,22,24H,4-5,7,10-13H2,1-3H3;;/q;+1;-1/t14-,15-,17+,18+,19-,20-,22-;;/m0../s1. The van der Waals surface area contributed by atoms with Gasteiger partial charge in [-0.25, -0.2) is 0 Å². The zero-order valence-electron chi connectivity index (χ0n) is 19.3. The van der Waals surface area contributed by atoms with E-state index >= 15 is 0 Å². The van der Waals surface area contributed by atoms with Crippen LogP contribution >= 0.6 is 0 Å². The molecular formula is C23H35NaO5. The van der Waals surface area contributed by atoms with Crippen molar-refractivity contribution in [3.8, 4) is 0 Å². The number of aliphatic hydroxyl groups is 1. The first kappa shape index (κ1) is 24.6. The van der Waals surface area contributed by atoms with Crippen molar-refractivity contribution in [2.24, 2.45) is 23.7 Å². The Morgan fingerprint density at radius 3 is 2.86 bits per heavy atom. The van der Waals surface area contributed by atoms with Gasteiger partial charge in [0.05, 0.1) is 18.4 Å². The van der Waals surface area contributed by atoms with E-state index in [1.54, 1.807) is 0 Å². The SMILES string of the molecule is CC[C@H](C)C(=O)O[C@H]1CCC=C2C=C[C@H](C)[C@H](CC[C@@H]3C[C@@H](O)CC(=O)O3)[C@H]21.[H-].[Na+]. The topological polar surface area (TPSA) is 72.8 Å². The first-order valence-corrected chi connectivity index (χ1v) is 10.8. The van der Waals surface area contributed by atoms with Crippen molar-refractivity contribution in [1.29, 1.82) is 0 Å². The maximum atomic E-state index is 12.4. The summed E-state index contributed by atoms with van der Waals surface area (Å²) in [5, 5.41) is 9.86. The van der Waals surface area contributed by atoms with E-state index in [4.69, 9.17) is 9.47 Å². The molecule has 7 atom stereocenters. The Morgan fingerprint density at radius 1 is 1.41 bits per heavy atom. The predicted octanol–water partition coefficient (Wildman–Crippen LogP) is 1.07. The molecule has 0 aromatic rings. The van der Waals surface area contributed by atoms with Gasteiger partial charge in [0.1, 0.15) is 12.2 Å². The van der Waals surface area contributed by atoms with E-state index in [-0.39, 0.29) is 73.4 Å². The quantitative estimate of drug-likeness (QED) is 0.520. The summed E-state index contributed by atoms with van der Waals surface area (Å²) in [6.45, 7) is 6.14. The second-order valence-corrected chi connectivity index (χ2v) is 8.76. The number of aliphatic hydroxyl groups excluding tert-OH is 1. The summed E-state index contributed by atoms with van der Waals surface area (Å²) in [6.07, 6.45) is 10.6. The van der Waals surface area contributed by atoms with Crippen LogP contribution < -0.4 is 29.6 Å². The molecule has 0 amide bonds. The fourth-order valence-corrected chi connectivity index (χ4v) is 4.80. The molecule has 6 heteroatoms. The number of allylic oxidation sites excluding steroid dienone is 3. The van der Waals surface area contributed by atoms with Crippen LogP contribution in [0.5, 0.6) is 0 Å². The summed E-state index contributed by atoms with van der Waals surface area (Å²) in [6, 6.07) is 0. The summed E-state index contributed by atoms with van der Waals surface area (Å²) < 4.78 is 11.4. The van der Waals surface area contributed by atoms with Crippen molar-refractivity contribution in [2.75, 3.05) is 0 Å². The average Bonchev–Trinajstić information content (AvgIpc) is 2.66. The van der Waals surface area contributed by atoms with Crippen LogP contribution in [-0.4, -0.2) is 35.4 Å². The number of esters is 2. The van der Waals surface area contributed by atoms with Crippen LogP contribution in [0.15, 0.2) is 23.8 Å². The Balaban J connectivity index is 0.00000225. The van der Waals surface area contributed by atoms with Gasteiger partial charge in [0.25, 0.3) is 0 Å². The first-order valence-electron chi connectivity index (χ1n) is 10.8. The van der Waals surface area contributed by atoms with Crippen molar-refractivity contribution in [1.82, 2.24) is 0 Å². The molecule has 1 saturated heterocycles. The van der Waals surface area contributed by atoms with Gasteiger partial charge >= 0.3 is 41.5 Å². The second kappa shape index (κ2) is 11.1. The Labute approximate surface area is 198 Å². The van der Waals surface area contributed by atoms with E-state index < -0.39 is 6.10 Å². The summed E-state index contributed by atoms with van der Waals surface area (Å²) in [5.74, 6) is 0.426. The number of fused-ring (bicyclic) bond motifs is 1. The molecule has 2 aliphatic carbocycles. The third-order valence-electron chi connectivity index (χ3n) is 6.69. The Bertz CT molecular complexity index is 650. The molecule has 1 N–H and O–H groups in total. The van der Waals surface area contributed by atoms with Crippen LogP contribution in [0.1, 0.15) is 67.1 Å². The van der Waals surface area contributed by atoms with Crippen LogP contribution in [0, 0.1) is 23.7 Å².